The molecule has 2 aromatic carbocycles. The molecular weight excluding hydrogens is 561 g/mol. The zero-order chi connectivity index (χ0) is 27.9. The second-order valence-electron chi connectivity index (χ2n) is 11.2. The fourth-order valence-corrected chi connectivity index (χ4v) is 6.04. The van der Waals surface area contributed by atoms with Gasteiger partial charge < -0.3 is 19.4 Å². The van der Waals surface area contributed by atoms with Crippen LogP contribution >= 0.6 is 34.8 Å². The number of carbonyl (C=O) groups excluding carboxylic acids is 3. The average Bonchev–Trinajstić information content (AvgIpc) is 3.53. The third-order valence-electron chi connectivity index (χ3n) is 8.42. The number of nitrogens with zero attached hydrogens (tertiary/aromatic N) is 3. The van der Waals surface area contributed by atoms with Crippen LogP contribution in [0.25, 0.3) is 0 Å². The molecule has 2 aromatic rings. The summed E-state index contributed by atoms with van der Waals surface area (Å²) >= 11 is 18.5. The molecule has 208 valence electrons. The molecule has 10 heteroatoms. The Kier molecular flexibility index (Phi) is 8.05. The zero-order valence-corrected chi connectivity index (χ0v) is 24.3. The molecule has 7 nitrogen and oxygen atoms in total. The molecule has 5 rings (SSSR count). The van der Waals surface area contributed by atoms with Crippen LogP contribution in [0.5, 0.6) is 5.75 Å². The molecule has 3 amide bonds. The molecule has 2 saturated heterocycles. The van der Waals surface area contributed by atoms with Crippen LogP contribution < -0.4 is 4.74 Å². The smallest absolute Gasteiger partial charge is 0.410 e. The molecule has 39 heavy (non-hydrogen) atoms. The molecule has 0 radical (unpaired) electrons. The zero-order valence-electron chi connectivity index (χ0n) is 22.0. The molecule has 0 spiro atoms. The van der Waals surface area contributed by atoms with Crippen molar-refractivity contribution in [3.8, 4) is 5.75 Å². The van der Waals surface area contributed by atoms with Gasteiger partial charge in [0.15, 0.2) is 0 Å². The molecule has 1 saturated carbocycles. The quantitative estimate of drug-likeness (QED) is 0.420. The minimum atomic E-state index is -0.526. The highest BCUT2D eigenvalue weighted by atomic mass is 35.5. The standard InChI is InChI=1S/C29H32Cl3N3O4/c1-29(11-12-29)27(37)34-13-9-18(10-14-34)26(36)35-16-22(19-3-8-23(31)24(32)15-19)25(17-35)33(2)28(38)39-21-6-4-20(30)5-7-21/h3-8,15,18,22,25H,9-14,16-17H2,1-2H3/t22-,25+/m0/s1. The number of rotatable bonds is 5. The van der Waals surface area contributed by atoms with Crippen LogP contribution in [-0.4, -0.2) is 71.9 Å². The fraction of sp³-hybridized carbons (Fsp3) is 0.483. The SMILES string of the molecule is CN(C(=O)Oc1ccc(Cl)cc1)[C@@H]1CN(C(=O)C2CCN(C(=O)C3(C)CC3)CC2)C[C@H]1c1ccc(Cl)c(Cl)c1. The number of hydrogen-bond donors (Lipinski definition) is 0. The number of halogens is 3. The highest BCUT2D eigenvalue weighted by Crippen LogP contribution is 2.47. The first-order chi connectivity index (χ1) is 18.6. The van der Waals surface area contributed by atoms with Crippen LogP contribution in [0.1, 0.15) is 44.1 Å². The third-order valence-corrected chi connectivity index (χ3v) is 9.42. The predicted molar refractivity (Wildman–Crippen MR) is 151 cm³/mol. The molecule has 0 aromatic heterocycles. The second kappa shape index (κ2) is 11.2. The summed E-state index contributed by atoms with van der Waals surface area (Å²) in [6.07, 6.45) is 2.66. The number of amides is 3. The second-order valence-corrected chi connectivity index (χ2v) is 12.4. The number of hydrogen-bond acceptors (Lipinski definition) is 4. The van der Waals surface area contributed by atoms with E-state index >= 15 is 0 Å². The Bertz CT molecular complexity index is 1260. The topological polar surface area (TPSA) is 70.2 Å². The molecule has 2 heterocycles. The van der Waals surface area contributed by atoms with E-state index in [1.165, 1.54) is 0 Å². The highest BCUT2D eigenvalue weighted by molar-refractivity contribution is 6.42. The molecule has 0 N–H and O–H groups in total. The Morgan fingerprint density at radius 3 is 2.21 bits per heavy atom. The van der Waals surface area contributed by atoms with Gasteiger partial charge in [-0.2, -0.15) is 0 Å². The van der Waals surface area contributed by atoms with Crippen LogP contribution in [-0.2, 0) is 9.59 Å². The predicted octanol–water partition coefficient (Wildman–Crippen LogP) is 6.11. The Balaban J connectivity index is 1.30. The normalized spacial score (nSPS) is 22.5. The van der Waals surface area contributed by atoms with Gasteiger partial charge >= 0.3 is 6.09 Å². The maximum absolute atomic E-state index is 13.7. The molecular formula is C29H32Cl3N3O4. The van der Waals surface area contributed by atoms with Gasteiger partial charge in [-0.05, 0) is 67.6 Å². The number of likely N-dealkylation sites (tertiary alicyclic amines) is 2. The minimum Gasteiger partial charge on any atom is -0.410 e. The number of benzene rings is 2. The first-order valence-electron chi connectivity index (χ1n) is 13.3. The molecule has 0 unspecified atom stereocenters. The van der Waals surface area contributed by atoms with Crippen LogP contribution in [0.15, 0.2) is 42.5 Å². The summed E-state index contributed by atoms with van der Waals surface area (Å²) in [5.41, 5.74) is 0.700. The Hall–Kier alpha value is -2.48. The molecule has 0 bridgehead atoms. The third kappa shape index (κ3) is 6.01. The van der Waals surface area contributed by atoms with E-state index in [2.05, 4.69) is 0 Å². The molecule has 2 aliphatic heterocycles. The van der Waals surface area contributed by atoms with Crippen LogP contribution in [0, 0.1) is 11.3 Å². The van der Waals surface area contributed by atoms with Crippen molar-refractivity contribution in [2.24, 2.45) is 11.3 Å². The first kappa shape index (κ1) is 28.1. The van der Waals surface area contributed by atoms with E-state index in [-0.39, 0.29) is 35.1 Å². The Morgan fingerprint density at radius 2 is 1.59 bits per heavy atom. The van der Waals surface area contributed by atoms with Crippen molar-refractivity contribution in [1.82, 2.24) is 14.7 Å². The van der Waals surface area contributed by atoms with E-state index < -0.39 is 6.09 Å². The number of likely N-dealkylation sites (N-methyl/N-ethyl adjacent to an activating group) is 1. The van der Waals surface area contributed by atoms with E-state index in [0.717, 1.165) is 18.4 Å². The lowest BCUT2D eigenvalue weighted by atomic mass is 9.93. The van der Waals surface area contributed by atoms with E-state index in [9.17, 15) is 14.4 Å². The maximum atomic E-state index is 13.7. The fourth-order valence-electron chi connectivity index (χ4n) is 5.61. The van der Waals surface area contributed by atoms with Gasteiger partial charge in [-0.3, -0.25) is 9.59 Å². The number of ether oxygens (including phenoxy) is 1. The minimum absolute atomic E-state index is 0.0618. The Labute approximate surface area is 243 Å². The lowest BCUT2D eigenvalue weighted by Crippen LogP contribution is -2.46. The van der Waals surface area contributed by atoms with Gasteiger partial charge in [0.2, 0.25) is 11.8 Å². The van der Waals surface area contributed by atoms with Crippen molar-refractivity contribution in [1.29, 1.82) is 0 Å². The molecule has 1 aliphatic carbocycles. The van der Waals surface area contributed by atoms with Gasteiger partial charge in [-0.15, -0.1) is 0 Å². The summed E-state index contributed by atoms with van der Waals surface area (Å²) in [7, 11) is 1.68. The van der Waals surface area contributed by atoms with Gasteiger partial charge in [0, 0.05) is 55.5 Å². The summed E-state index contributed by atoms with van der Waals surface area (Å²) in [6, 6.07) is 11.7. The van der Waals surface area contributed by atoms with Gasteiger partial charge in [-0.1, -0.05) is 47.8 Å². The molecule has 3 fully saturated rings. The lowest BCUT2D eigenvalue weighted by molar-refractivity contribution is -0.142. The summed E-state index contributed by atoms with van der Waals surface area (Å²) in [5, 5.41) is 1.41. The van der Waals surface area contributed by atoms with Crippen molar-refractivity contribution >= 4 is 52.7 Å². The van der Waals surface area contributed by atoms with Crippen LogP contribution in [0.4, 0.5) is 4.79 Å². The number of carbonyl (C=O) groups is 3. The van der Waals surface area contributed by atoms with E-state index in [1.54, 1.807) is 48.3 Å². The van der Waals surface area contributed by atoms with Gasteiger partial charge in [-0.25, -0.2) is 4.79 Å². The monoisotopic (exact) mass is 591 g/mol. The summed E-state index contributed by atoms with van der Waals surface area (Å²) in [5.74, 6) is 0.333. The average molecular weight is 593 g/mol. The number of piperidine rings is 1. The largest absolute Gasteiger partial charge is 0.415 e. The van der Waals surface area contributed by atoms with Crippen molar-refractivity contribution in [2.45, 2.75) is 44.6 Å². The van der Waals surface area contributed by atoms with Gasteiger partial charge in [0.1, 0.15) is 5.75 Å². The van der Waals surface area contributed by atoms with Crippen molar-refractivity contribution in [2.75, 3.05) is 33.2 Å². The lowest BCUT2D eigenvalue weighted by Gasteiger charge is -2.34. The van der Waals surface area contributed by atoms with Crippen LogP contribution in [0.3, 0.4) is 0 Å². The summed E-state index contributed by atoms with van der Waals surface area (Å²) < 4.78 is 5.59. The molecule has 3 aliphatic rings. The summed E-state index contributed by atoms with van der Waals surface area (Å²) in [6.45, 7) is 4.04. The van der Waals surface area contributed by atoms with E-state index in [1.807, 2.05) is 22.8 Å². The first-order valence-corrected chi connectivity index (χ1v) is 14.4. The van der Waals surface area contributed by atoms with Gasteiger partial charge in [0.25, 0.3) is 0 Å². The van der Waals surface area contributed by atoms with Gasteiger partial charge in [0.05, 0.1) is 16.1 Å². The van der Waals surface area contributed by atoms with Crippen LogP contribution in [0.2, 0.25) is 15.1 Å². The van der Waals surface area contributed by atoms with Crippen molar-refractivity contribution < 1.29 is 19.1 Å². The van der Waals surface area contributed by atoms with E-state index in [0.29, 0.717) is 59.8 Å². The molecule has 2 atom stereocenters. The van der Waals surface area contributed by atoms with Crippen molar-refractivity contribution in [3.05, 3.63) is 63.1 Å². The van der Waals surface area contributed by atoms with Crippen molar-refractivity contribution in [3.63, 3.8) is 0 Å². The Morgan fingerprint density at radius 1 is 0.923 bits per heavy atom. The highest BCUT2D eigenvalue weighted by Gasteiger charge is 2.48. The summed E-state index contributed by atoms with van der Waals surface area (Å²) in [4.78, 5) is 44.9. The van der Waals surface area contributed by atoms with E-state index in [4.69, 9.17) is 39.5 Å². The maximum Gasteiger partial charge on any atom is 0.415 e.